The Balaban J connectivity index is 1.39. The molecule has 0 aliphatic rings. The summed E-state index contributed by atoms with van der Waals surface area (Å²) in [5.74, 6) is -0.754. The Kier molecular flexibility index (Phi) is 5.39. The molecule has 0 spiro atoms. The molecule has 32 heavy (non-hydrogen) atoms. The fourth-order valence-electron chi connectivity index (χ4n) is 3.38. The number of fused-ring (bicyclic) bond motifs is 1. The van der Waals surface area contributed by atoms with Gasteiger partial charge in [-0.15, -0.1) is 10.2 Å². The smallest absolute Gasteiger partial charge is 0.278 e. The van der Waals surface area contributed by atoms with Crippen molar-refractivity contribution in [2.75, 3.05) is 5.32 Å². The molecule has 9 heteroatoms. The van der Waals surface area contributed by atoms with Gasteiger partial charge in [0.1, 0.15) is 10.8 Å². The first kappa shape index (κ1) is 20.0. The Bertz CT molecular complexity index is 1400. The monoisotopic (exact) mass is 444 g/mol. The first-order valence-electron chi connectivity index (χ1n) is 9.90. The van der Waals surface area contributed by atoms with Crippen LogP contribution in [0.4, 0.5) is 9.52 Å². The largest absolute Gasteiger partial charge is 0.295 e. The average molecular weight is 444 g/mol. The second kappa shape index (κ2) is 8.64. The molecule has 0 bridgehead atoms. The van der Waals surface area contributed by atoms with Gasteiger partial charge < -0.3 is 0 Å². The molecule has 0 aliphatic carbocycles. The van der Waals surface area contributed by atoms with E-state index in [0.29, 0.717) is 28.1 Å². The number of hydrogen-bond acceptors (Lipinski definition) is 6. The Morgan fingerprint density at radius 3 is 2.66 bits per heavy atom. The SMILES string of the molecule is O=C(Nc1nnc(Cc2ccccc2)s1)c1nn(Cc2ccccc2F)c2ncccc12. The molecule has 0 radical (unpaired) electrons. The van der Waals surface area contributed by atoms with Crippen molar-refractivity contribution in [2.24, 2.45) is 0 Å². The van der Waals surface area contributed by atoms with E-state index in [1.807, 2.05) is 30.3 Å². The number of benzene rings is 2. The minimum atomic E-state index is -0.419. The maximum Gasteiger partial charge on any atom is 0.278 e. The molecule has 0 atom stereocenters. The summed E-state index contributed by atoms with van der Waals surface area (Å²) in [4.78, 5) is 17.3. The molecule has 7 nitrogen and oxygen atoms in total. The topological polar surface area (TPSA) is 85.6 Å². The Hall–Kier alpha value is -3.98. The number of rotatable bonds is 6. The van der Waals surface area contributed by atoms with Crippen molar-refractivity contribution < 1.29 is 9.18 Å². The van der Waals surface area contributed by atoms with Crippen molar-refractivity contribution in [3.63, 3.8) is 0 Å². The van der Waals surface area contributed by atoms with Gasteiger partial charge in [-0.25, -0.2) is 14.1 Å². The standard InChI is InChI=1S/C23H17FN6OS/c24-18-11-5-4-9-16(18)14-30-21-17(10-6-12-25-21)20(29-30)22(31)26-23-28-27-19(32-23)13-15-7-2-1-3-8-15/h1-12H,13-14H2,(H,26,28,31). The molecule has 0 saturated heterocycles. The third-order valence-electron chi connectivity index (χ3n) is 4.89. The number of hydrogen-bond donors (Lipinski definition) is 1. The van der Waals surface area contributed by atoms with Gasteiger partial charge in [-0.3, -0.25) is 10.1 Å². The third-order valence-corrected chi connectivity index (χ3v) is 5.72. The number of nitrogens with one attached hydrogen (secondary N) is 1. The van der Waals surface area contributed by atoms with Crippen LogP contribution < -0.4 is 5.32 Å². The predicted octanol–water partition coefficient (Wildman–Crippen LogP) is 4.31. The zero-order valence-corrected chi connectivity index (χ0v) is 17.6. The molecular formula is C23H17FN6OS. The first-order chi connectivity index (χ1) is 15.7. The number of amides is 1. The lowest BCUT2D eigenvalue weighted by atomic mass is 10.2. The van der Waals surface area contributed by atoms with Crippen molar-refractivity contribution in [1.29, 1.82) is 0 Å². The zero-order valence-electron chi connectivity index (χ0n) is 16.8. The zero-order chi connectivity index (χ0) is 21.9. The number of anilines is 1. The van der Waals surface area contributed by atoms with Gasteiger partial charge in [0, 0.05) is 18.2 Å². The molecule has 3 aromatic heterocycles. The van der Waals surface area contributed by atoms with Crippen LogP contribution in [-0.2, 0) is 13.0 Å². The van der Waals surface area contributed by atoms with Crippen LogP contribution in [0.1, 0.15) is 26.6 Å². The van der Waals surface area contributed by atoms with Crippen LogP contribution in [0.25, 0.3) is 11.0 Å². The van der Waals surface area contributed by atoms with Gasteiger partial charge in [0.15, 0.2) is 11.3 Å². The molecule has 0 aliphatic heterocycles. The summed E-state index contributed by atoms with van der Waals surface area (Å²) in [6.07, 6.45) is 2.25. The van der Waals surface area contributed by atoms with Crippen LogP contribution in [0.2, 0.25) is 0 Å². The Morgan fingerprint density at radius 2 is 1.81 bits per heavy atom. The number of nitrogens with zero attached hydrogens (tertiary/aromatic N) is 5. The molecule has 1 N–H and O–H groups in total. The summed E-state index contributed by atoms with van der Waals surface area (Å²) in [5.41, 5.74) is 2.28. The number of pyridine rings is 1. The Labute approximate surface area is 186 Å². The van der Waals surface area contributed by atoms with Crippen LogP contribution in [0, 0.1) is 5.82 Å². The van der Waals surface area contributed by atoms with Gasteiger partial charge in [0.25, 0.3) is 5.91 Å². The number of halogens is 1. The van der Waals surface area contributed by atoms with Gasteiger partial charge in [-0.2, -0.15) is 5.10 Å². The predicted molar refractivity (Wildman–Crippen MR) is 120 cm³/mol. The van der Waals surface area contributed by atoms with E-state index < -0.39 is 5.91 Å². The van der Waals surface area contributed by atoms with E-state index in [1.165, 1.54) is 22.1 Å². The maximum absolute atomic E-state index is 14.1. The molecule has 0 saturated carbocycles. The van der Waals surface area contributed by atoms with E-state index in [0.717, 1.165) is 10.6 Å². The second-order valence-corrected chi connectivity index (χ2v) is 8.15. The van der Waals surface area contributed by atoms with Crippen LogP contribution in [0.5, 0.6) is 0 Å². The van der Waals surface area contributed by atoms with Gasteiger partial charge in [-0.1, -0.05) is 59.9 Å². The molecular weight excluding hydrogens is 427 g/mol. The average Bonchev–Trinajstić information content (AvgIpc) is 3.40. The molecule has 158 valence electrons. The lowest BCUT2D eigenvalue weighted by molar-refractivity contribution is 0.102. The van der Waals surface area contributed by atoms with Gasteiger partial charge in [0.2, 0.25) is 5.13 Å². The highest BCUT2D eigenvalue weighted by Gasteiger charge is 2.20. The quantitative estimate of drug-likeness (QED) is 0.422. The Morgan fingerprint density at radius 1 is 1.00 bits per heavy atom. The van der Waals surface area contributed by atoms with Crippen LogP contribution in [0.3, 0.4) is 0 Å². The normalized spacial score (nSPS) is 11.0. The first-order valence-corrected chi connectivity index (χ1v) is 10.7. The number of aromatic nitrogens is 5. The van der Waals surface area contributed by atoms with Crippen molar-refractivity contribution in [3.05, 3.63) is 101 Å². The molecule has 0 fully saturated rings. The van der Waals surface area contributed by atoms with Gasteiger partial charge in [-0.05, 0) is 23.8 Å². The fourth-order valence-corrected chi connectivity index (χ4v) is 4.15. The highest BCUT2D eigenvalue weighted by molar-refractivity contribution is 7.15. The summed E-state index contributed by atoms with van der Waals surface area (Å²) in [7, 11) is 0. The number of carbonyl (C=O) groups is 1. The van der Waals surface area contributed by atoms with Crippen LogP contribution >= 0.6 is 11.3 Å². The van der Waals surface area contributed by atoms with E-state index in [-0.39, 0.29) is 18.1 Å². The molecule has 5 aromatic rings. The van der Waals surface area contributed by atoms with Crippen molar-refractivity contribution in [2.45, 2.75) is 13.0 Å². The second-order valence-electron chi connectivity index (χ2n) is 7.09. The summed E-state index contributed by atoms with van der Waals surface area (Å²) in [6, 6.07) is 19.9. The summed E-state index contributed by atoms with van der Waals surface area (Å²) in [5, 5.41) is 17.2. The van der Waals surface area contributed by atoms with E-state index >= 15 is 0 Å². The highest BCUT2D eigenvalue weighted by atomic mass is 32.1. The van der Waals surface area contributed by atoms with Gasteiger partial charge >= 0.3 is 0 Å². The summed E-state index contributed by atoms with van der Waals surface area (Å²) < 4.78 is 15.7. The summed E-state index contributed by atoms with van der Waals surface area (Å²) >= 11 is 1.31. The fraction of sp³-hybridized carbons (Fsp3) is 0.0870. The molecule has 1 amide bonds. The van der Waals surface area contributed by atoms with E-state index in [1.54, 1.807) is 36.5 Å². The maximum atomic E-state index is 14.1. The molecule has 2 aromatic carbocycles. The van der Waals surface area contributed by atoms with Gasteiger partial charge in [0.05, 0.1) is 11.9 Å². The van der Waals surface area contributed by atoms with E-state index in [9.17, 15) is 9.18 Å². The molecule has 5 rings (SSSR count). The third kappa shape index (κ3) is 4.10. The van der Waals surface area contributed by atoms with E-state index in [2.05, 4.69) is 25.6 Å². The van der Waals surface area contributed by atoms with Crippen molar-refractivity contribution in [1.82, 2.24) is 25.0 Å². The van der Waals surface area contributed by atoms with E-state index in [4.69, 9.17) is 0 Å². The summed E-state index contributed by atoms with van der Waals surface area (Å²) in [6.45, 7) is 0.160. The van der Waals surface area contributed by atoms with Crippen LogP contribution in [-0.4, -0.2) is 30.9 Å². The van der Waals surface area contributed by atoms with Crippen molar-refractivity contribution in [3.8, 4) is 0 Å². The highest BCUT2D eigenvalue weighted by Crippen LogP contribution is 2.22. The molecule has 3 heterocycles. The lowest BCUT2D eigenvalue weighted by Crippen LogP contribution is -2.14. The lowest BCUT2D eigenvalue weighted by Gasteiger charge is -2.04. The minimum absolute atomic E-state index is 0.160. The van der Waals surface area contributed by atoms with Crippen molar-refractivity contribution >= 4 is 33.4 Å². The number of carbonyl (C=O) groups excluding carboxylic acids is 1. The molecule has 0 unspecified atom stereocenters. The minimum Gasteiger partial charge on any atom is -0.295 e. The van der Waals surface area contributed by atoms with Crippen LogP contribution in [0.15, 0.2) is 72.9 Å².